The van der Waals surface area contributed by atoms with Crippen LogP contribution in [-0.4, -0.2) is 88.6 Å². The van der Waals surface area contributed by atoms with E-state index >= 15 is 0 Å². The molecule has 1 aromatic carbocycles. The van der Waals surface area contributed by atoms with E-state index in [2.05, 4.69) is 14.9 Å². The van der Waals surface area contributed by atoms with Crippen molar-refractivity contribution < 1.29 is 23.2 Å². The van der Waals surface area contributed by atoms with Gasteiger partial charge in [0.25, 0.3) is 5.91 Å². The van der Waals surface area contributed by atoms with Gasteiger partial charge < -0.3 is 19.1 Å². The largest absolute Gasteiger partial charge is 0.378 e. The molecule has 4 aromatic rings. The van der Waals surface area contributed by atoms with Crippen LogP contribution in [0.5, 0.6) is 0 Å². The maximum atomic E-state index is 11.9. The number of carbonyl (C=O) groups is 1. The highest BCUT2D eigenvalue weighted by Crippen LogP contribution is 2.29. The van der Waals surface area contributed by atoms with Crippen LogP contribution in [0.4, 0.5) is 11.8 Å². The lowest BCUT2D eigenvalue weighted by Crippen LogP contribution is -2.37. The number of hydrogen-bond acceptors (Lipinski definition) is 12. The number of imidazole rings is 1. The van der Waals surface area contributed by atoms with Crippen LogP contribution in [0.1, 0.15) is 16.2 Å². The van der Waals surface area contributed by atoms with Crippen LogP contribution in [0.3, 0.4) is 0 Å². The molecule has 0 radical (unpaired) electrons. The van der Waals surface area contributed by atoms with Gasteiger partial charge >= 0.3 is 0 Å². The van der Waals surface area contributed by atoms with Gasteiger partial charge in [0.1, 0.15) is 5.82 Å². The molecule has 5 rings (SSSR count). The zero-order valence-electron chi connectivity index (χ0n) is 21.6. The topological polar surface area (TPSA) is 169 Å². The number of hydrogen-bond donors (Lipinski definition) is 2. The number of carbonyl (C=O) groups excluding carboxylic acids is 1. The lowest BCUT2D eigenvalue weighted by atomic mass is 10.2. The molecule has 0 bridgehead atoms. The third-order valence-corrected chi connectivity index (χ3v) is 7.49. The van der Waals surface area contributed by atoms with Crippen molar-refractivity contribution in [2.24, 2.45) is 7.05 Å². The summed E-state index contributed by atoms with van der Waals surface area (Å²) in [5.41, 5.74) is 3.61. The van der Waals surface area contributed by atoms with Crippen LogP contribution < -0.4 is 15.3 Å². The first-order valence-electron chi connectivity index (χ1n) is 12.0. The number of nitrogens with zero attached hydrogens (tertiary/aromatic N) is 8. The Bertz CT molecular complexity index is 1620. The summed E-state index contributed by atoms with van der Waals surface area (Å²) in [6.07, 6.45) is 3.81. The summed E-state index contributed by atoms with van der Waals surface area (Å²) >= 11 is 0. The predicted molar refractivity (Wildman–Crippen MR) is 141 cm³/mol. The van der Waals surface area contributed by atoms with Crippen LogP contribution in [-0.2, 0) is 28.2 Å². The minimum atomic E-state index is -3.33. The molecule has 1 amide bonds. The van der Waals surface area contributed by atoms with Crippen molar-refractivity contribution in [3.8, 4) is 11.4 Å². The van der Waals surface area contributed by atoms with Crippen LogP contribution in [0, 0.1) is 0 Å². The Kier molecular flexibility index (Phi) is 7.12. The molecule has 204 valence electrons. The molecule has 1 fully saturated rings. The molecule has 39 heavy (non-hydrogen) atoms. The van der Waals surface area contributed by atoms with E-state index in [-0.39, 0.29) is 10.5 Å². The van der Waals surface area contributed by atoms with Crippen molar-refractivity contribution >= 4 is 38.7 Å². The fraction of sp³-hybridized carbons (Fsp3) is 0.333. The fourth-order valence-corrected chi connectivity index (χ4v) is 4.82. The monoisotopic (exact) mass is 553 g/mol. The van der Waals surface area contributed by atoms with Gasteiger partial charge in [0.15, 0.2) is 32.6 Å². The molecule has 3 aromatic heterocycles. The molecule has 15 heteroatoms. The van der Waals surface area contributed by atoms with E-state index in [1.807, 2.05) is 11.6 Å². The Morgan fingerprint density at radius 2 is 1.77 bits per heavy atom. The second-order valence-corrected chi connectivity index (χ2v) is 11.1. The summed E-state index contributed by atoms with van der Waals surface area (Å²) in [4.78, 5) is 38.6. The highest BCUT2D eigenvalue weighted by Gasteiger charge is 2.23. The molecule has 1 aliphatic rings. The van der Waals surface area contributed by atoms with E-state index in [1.54, 1.807) is 41.7 Å². The lowest BCUT2D eigenvalue weighted by Gasteiger charge is -2.28. The summed E-state index contributed by atoms with van der Waals surface area (Å²) in [5.74, 6) is 1.47. The number of sulfone groups is 1. The Hall–Kier alpha value is -4.21. The fourth-order valence-electron chi connectivity index (χ4n) is 4.19. The average Bonchev–Trinajstić information content (AvgIpc) is 3.26. The van der Waals surface area contributed by atoms with Crippen molar-refractivity contribution in [3.63, 3.8) is 0 Å². The van der Waals surface area contributed by atoms with E-state index in [9.17, 15) is 13.2 Å². The third kappa shape index (κ3) is 5.36. The number of benzene rings is 1. The maximum Gasteiger partial charge on any atom is 0.277 e. The van der Waals surface area contributed by atoms with Gasteiger partial charge in [-0.05, 0) is 24.3 Å². The molecule has 1 aliphatic heterocycles. The van der Waals surface area contributed by atoms with Crippen molar-refractivity contribution in [1.82, 2.24) is 35.0 Å². The summed E-state index contributed by atoms with van der Waals surface area (Å²) < 4.78 is 31.2. The zero-order valence-corrected chi connectivity index (χ0v) is 22.4. The van der Waals surface area contributed by atoms with Gasteiger partial charge in [-0.1, -0.05) is 0 Å². The van der Waals surface area contributed by atoms with Crippen LogP contribution in [0.15, 0.2) is 41.6 Å². The summed E-state index contributed by atoms with van der Waals surface area (Å²) in [6, 6.07) is 6.49. The van der Waals surface area contributed by atoms with Crippen molar-refractivity contribution in [3.05, 3.63) is 48.0 Å². The van der Waals surface area contributed by atoms with Gasteiger partial charge in [0.05, 0.1) is 30.2 Å². The zero-order chi connectivity index (χ0) is 27.7. The SMILES string of the molecule is CN(Cc1nc2c(N3CCOCC3)nc(-c3ccc(S(C)(=O)=O)cc3)nc2n1C)c1ncc(C(=O)NO)cn1. The van der Waals surface area contributed by atoms with Crippen molar-refractivity contribution in [2.45, 2.75) is 11.4 Å². The molecule has 0 spiro atoms. The quantitative estimate of drug-likeness (QED) is 0.244. The number of aryl methyl sites for hydroxylation is 1. The van der Waals surface area contributed by atoms with Gasteiger partial charge in [0, 0.05) is 51.4 Å². The number of ether oxygens (including phenoxy) is 1. The average molecular weight is 554 g/mol. The smallest absolute Gasteiger partial charge is 0.277 e. The Morgan fingerprint density at radius 1 is 1.10 bits per heavy atom. The summed E-state index contributed by atoms with van der Waals surface area (Å²) in [5, 5.41) is 8.79. The number of rotatable bonds is 7. The highest BCUT2D eigenvalue weighted by molar-refractivity contribution is 7.90. The second-order valence-electron chi connectivity index (χ2n) is 9.09. The number of morpholine rings is 1. The van der Waals surface area contributed by atoms with Crippen LogP contribution in [0.2, 0.25) is 0 Å². The molecule has 0 aliphatic carbocycles. The molecular weight excluding hydrogens is 526 g/mol. The summed E-state index contributed by atoms with van der Waals surface area (Å²) in [7, 11) is 0.327. The Labute approximate surface area is 224 Å². The lowest BCUT2D eigenvalue weighted by molar-refractivity contribution is 0.0705. The van der Waals surface area contributed by atoms with E-state index in [4.69, 9.17) is 24.9 Å². The number of aromatic nitrogens is 6. The first kappa shape index (κ1) is 26.4. The maximum absolute atomic E-state index is 11.9. The first-order chi connectivity index (χ1) is 18.7. The molecule has 2 N–H and O–H groups in total. The van der Waals surface area contributed by atoms with E-state index < -0.39 is 15.7 Å². The molecule has 14 nitrogen and oxygen atoms in total. The van der Waals surface area contributed by atoms with Crippen LogP contribution >= 0.6 is 0 Å². The number of nitrogens with one attached hydrogen (secondary N) is 1. The Balaban J connectivity index is 1.53. The molecule has 4 heterocycles. The standard InChI is InChI=1S/C24H27N9O5S/c1-31(24-25-12-16(13-26-24)23(34)30-35)14-18-27-19-21(32(18)2)28-20(29-22(19)33-8-10-38-11-9-33)15-4-6-17(7-5-15)39(3,36)37/h4-7,12-13,35H,8-11,14H2,1-3H3,(H,30,34). The molecule has 0 atom stereocenters. The van der Waals surface area contributed by atoms with Gasteiger partial charge in [0.2, 0.25) is 5.95 Å². The Morgan fingerprint density at radius 3 is 2.38 bits per heavy atom. The minimum absolute atomic E-state index is 0.125. The highest BCUT2D eigenvalue weighted by atomic mass is 32.2. The number of fused-ring (bicyclic) bond motifs is 1. The normalized spacial score (nSPS) is 14.0. The molecule has 0 saturated carbocycles. The van der Waals surface area contributed by atoms with Gasteiger partial charge in [-0.25, -0.2) is 38.8 Å². The molecule has 0 unspecified atom stereocenters. The van der Waals surface area contributed by atoms with Gasteiger partial charge in [-0.3, -0.25) is 10.0 Å². The van der Waals surface area contributed by atoms with Crippen molar-refractivity contribution in [1.29, 1.82) is 0 Å². The van der Waals surface area contributed by atoms with Gasteiger partial charge in [-0.2, -0.15) is 0 Å². The van der Waals surface area contributed by atoms with E-state index in [1.165, 1.54) is 18.6 Å². The number of hydroxylamine groups is 1. The minimum Gasteiger partial charge on any atom is -0.378 e. The third-order valence-electron chi connectivity index (χ3n) is 6.37. The van der Waals surface area contributed by atoms with Crippen molar-refractivity contribution in [2.75, 3.05) is 49.4 Å². The van der Waals surface area contributed by atoms with Gasteiger partial charge in [-0.15, -0.1) is 0 Å². The second kappa shape index (κ2) is 10.5. The number of anilines is 2. The van der Waals surface area contributed by atoms with E-state index in [0.717, 1.165) is 0 Å². The molecule has 1 saturated heterocycles. The summed E-state index contributed by atoms with van der Waals surface area (Å²) in [6.45, 7) is 2.75. The number of amides is 1. The predicted octanol–water partition coefficient (Wildman–Crippen LogP) is 0.816. The van der Waals surface area contributed by atoms with Crippen LogP contribution in [0.25, 0.3) is 22.6 Å². The molecular formula is C24H27N9O5S. The van der Waals surface area contributed by atoms with E-state index in [0.29, 0.717) is 73.0 Å². The first-order valence-corrected chi connectivity index (χ1v) is 13.9.